The summed E-state index contributed by atoms with van der Waals surface area (Å²) in [6.07, 6.45) is 1.83. The third-order valence-corrected chi connectivity index (χ3v) is 3.76. The summed E-state index contributed by atoms with van der Waals surface area (Å²) in [5.74, 6) is 0. The van der Waals surface area contributed by atoms with E-state index in [2.05, 4.69) is 64.6 Å². The molecule has 0 aliphatic rings. The molecule has 2 nitrogen and oxygen atoms in total. The fourth-order valence-electron chi connectivity index (χ4n) is 2.66. The van der Waals surface area contributed by atoms with Crippen molar-refractivity contribution in [2.75, 3.05) is 0 Å². The van der Waals surface area contributed by atoms with Gasteiger partial charge in [-0.15, -0.1) is 0 Å². The third kappa shape index (κ3) is 2.15. The van der Waals surface area contributed by atoms with Crippen LogP contribution in [-0.2, 0) is 0 Å². The number of fused-ring (bicyclic) bond motifs is 2. The molecule has 2 heteroatoms. The van der Waals surface area contributed by atoms with Crippen LogP contribution in [0, 0.1) is 6.92 Å². The zero-order valence-electron chi connectivity index (χ0n) is 11.7. The van der Waals surface area contributed by atoms with Gasteiger partial charge in [0.1, 0.15) is 0 Å². The van der Waals surface area contributed by atoms with Gasteiger partial charge in [-0.2, -0.15) is 0 Å². The molecule has 2 aromatic carbocycles. The van der Waals surface area contributed by atoms with Crippen LogP contribution >= 0.6 is 0 Å². The Hall–Kier alpha value is -2.74. The lowest BCUT2D eigenvalue weighted by molar-refractivity contribution is 1.26. The smallest absolute Gasteiger partial charge is 0.0705 e. The van der Waals surface area contributed by atoms with Crippen molar-refractivity contribution in [2.24, 2.45) is 0 Å². The summed E-state index contributed by atoms with van der Waals surface area (Å²) < 4.78 is 0. The summed E-state index contributed by atoms with van der Waals surface area (Å²) in [5, 5.41) is 2.33. The number of benzene rings is 2. The molecule has 4 rings (SSSR count). The van der Waals surface area contributed by atoms with E-state index < -0.39 is 0 Å². The van der Waals surface area contributed by atoms with Crippen LogP contribution in [0.4, 0.5) is 0 Å². The van der Waals surface area contributed by atoms with Gasteiger partial charge in [-0.3, -0.25) is 9.97 Å². The first-order valence-electron chi connectivity index (χ1n) is 7.02. The second-order valence-corrected chi connectivity index (χ2v) is 5.27. The van der Waals surface area contributed by atoms with Gasteiger partial charge >= 0.3 is 0 Å². The van der Waals surface area contributed by atoms with E-state index in [9.17, 15) is 0 Å². The summed E-state index contributed by atoms with van der Waals surface area (Å²) >= 11 is 0. The number of pyridine rings is 2. The predicted molar refractivity (Wildman–Crippen MR) is 87.2 cm³/mol. The molecule has 0 spiro atoms. The second kappa shape index (κ2) is 4.67. The average Bonchev–Trinajstić information content (AvgIpc) is 2.54. The van der Waals surface area contributed by atoms with Crippen molar-refractivity contribution >= 4 is 21.8 Å². The van der Waals surface area contributed by atoms with E-state index in [4.69, 9.17) is 0 Å². The summed E-state index contributed by atoms with van der Waals surface area (Å²) in [6, 6.07) is 21.0. The number of aromatic nitrogens is 2. The lowest BCUT2D eigenvalue weighted by atomic mass is 10.0. The maximum atomic E-state index is 4.55. The van der Waals surface area contributed by atoms with E-state index in [1.807, 2.05) is 19.2 Å². The summed E-state index contributed by atoms with van der Waals surface area (Å²) in [4.78, 5) is 8.92. The summed E-state index contributed by atoms with van der Waals surface area (Å²) in [6.45, 7) is 2.02. The molecule has 0 unspecified atom stereocenters. The first kappa shape index (κ1) is 12.0. The minimum Gasteiger partial charge on any atom is -0.256 e. The van der Waals surface area contributed by atoms with Crippen LogP contribution in [0.5, 0.6) is 0 Å². The van der Waals surface area contributed by atoms with Crippen LogP contribution in [-0.4, -0.2) is 9.97 Å². The zero-order chi connectivity index (χ0) is 14.2. The molecule has 2 aromatic heterocycles. The van der Waals surface area contributed by atoms with Gasteiger partial charge in [0.2, 0.25) is 0 Å². The van der Waals surface area contributed by atoms with Crippen molar-refractivity contribution in [2.45, 2.75) is 6.92 Å². The van der Waals surface area contributed by atoms with Crippen molar-refractivity contribution in [3.8, 4) is 11.1 Å². The first-order chi connectivity index (χ1) is 10.3. The van der Waals surface area contributed by atoms with Gasteiger partial charge in [-0.05, 0) is 54.4 Å². The van der Waals surface area contributed by atoms with Gasteiger partial charge in [0.05, 0.1) is 11.0 Å². The average molecular weight is 270 g/mol. The van der Waals surface area contributed by atoms with Crippen molar-refractivity contribution in [1.82, 2.24) is 9.97 Å². The van der Waals surface area contributed by atoms with Gasteiger partial charge < -0.3 is 0 Å². The highest BCUT2D eigenvalue weighted by molar-refractivity contribution is 5.88. The van der Waals surface area contributed by atoms with Crippen LogP contribution in [0.1, 0.15) is 5.69 Å². The number of aryl methyl sites for hydroxylation is 1. The highest BCUT2D eigenvalue weighted by Gasteiger charge is 2.02. The van der Waals surface area contributed by atoms with E-state index in [0.717, 1.165) is 22.1 Å². The maximum Gasteiger partial charge on any atom is 0.0705 e. The normalized spacial score (nSPS) is 11.1. The van der Waals surface area contributed by atoms with Crippen LogP contribution in [0.25, 0.3) is 32.9 Å². The Kier molecular flexibility index (Phi) is 2.68. The Balaban J connectivity index is 1.89. The van der Waals surface area contributed by atoms with Crippen molar-refractivity contribution in [3.63, 3.8) is 0 Å². The highest BCUT2D eigenvalue weighted by atomic mass is 14.7. The molecular weight excluding hydrogens is 256 g/mol. The van der Waals surface area contributed by atoms with Gasteiger partial charge in [0, 0.05) is 22.7 Å². The Morgan fingerprint density at radius 1 is 0.714 bits per heavy atom. The molecule has 0 N–H and O–H groups in total. The SMILES string of the molecule is Cc1ccc2cc(-c3ccc4ncccc4c3)ccc2n1. The fraction of sp³-hybridized carbons (Fsp3) is 0.0526. The van der Waals surface area contributed by atoms with E-state index in [1.54, 1.807) is 0 Å². The lowest BCUT2D eigenvalue weighted by Gasteiger charge is -2.06. The Morgan fingerprint density at radius 2 is 1.43 bits per heavy atom. The van der Waals surface area contributed by atoms with Gasteiger partial charge in [-0.1, -0.05) is 24.3 Å². The van der Waals surface area contributed by atoms with E-state index in [-0.39, 0.29) is 0 Å². The minimum atomic E-state index is 1.03. The molecule has 0 bridgehead atoms. The topological polar surface area (TPSA) is 25.8 Å². The van der Waals surface area contributed by atoms with Gasteiger partial charge in [-0.25, -0.2) is 0 Å². The Morgan fingerprint density at radius 3 is 2.24 bits per heavy atom. The Bertz CT molecular complexity index is 958. The van der Waals surface area contributed by atoms with E-state index >= 15 is 0 Å². The third-order valence-electron chi connectivity index (χ3n) is 3.76. The largest absolute Gasteiger partial charge is 0.256 e. The molecule has 0 amide bonds. The lowest BCUT2D eigenvalue weighted by Crippen LogP contribution is -1.85. The molecular formula is C19H14N2. The Labute approximate surface area is 123 Å². The molecule has 0 saturated heterocycles. The highest BCUT2D eigenvalue weighted by Crippen LogP contribution is 2.26. The van der Waals surface area contributed by atoms with Crippen molar-refractivity contribution in [1.29, 1.82) is 0 Å². The van der Waals surface area contributed by atoms with Crippen LogP contribution < -0.4 is 0 Å². The standard InChI is InChI=1S/C19H14N2/c1-13-4-5-17-12-15(7-9-19(17)21-13)14-6-8-18-16(11-14)3-2-10-20-18/h2-12H,1H3. The van der Waals surface area contributed by atoms with Crippen molar-refractivity contribution in [3.05, 3.63) is 72.6 Å². The molecule has 0 saturated carbocycles. The number of rotatable bonds is 1. The number of hydrogen-bond donors (Lipinski definition) is 0. The van der Waals surface area contributed by atoms with Gasteiger partial charge in [0.15, 0.2) is 0 Å². The zero-order valence-corrected chi connectivity index (χ0v) is 11.7. The minimum absolute atomic E-state index is 1.03. The quantitative estimate of drug-likeness (QED) is 0.498. The summed E-state index contributed by atoms with van der Waals surface area (Å²) in [7, 11) is 0. The number of nitrogens with zero attached hydrogens (tertiary/aromatic N) is 2. The molecule has 0 atom stereocenters. The predicted octanol–water partition coefficient (Wildman–Crippen LogP) is 4.76. The molecule has 0 aliphatic heterocycles. The van der Waals surface area contributed by atoms with Gasteiger partial charge in [0.25, 0.3) is 0 Å². The number of hydrogen-bond acceptors (Lipinski definition) is 2. The van der Waals surface area contributed by atoms with Crippen LogP contribution in [0.2, 0.25) is 0 Å². The molecule has 100 valence electrons. The van der Waals surface area contributed by atoms with Crippen molar-refractivity contribution < 1.29 is 0 Å². The van der Waals surface area contributed by atoms with Crippen LogP contribution in [0.15, 0.2) is 66.9 Å². The molecule has 0 radical (unpaired) electrons. The monoisotopic (exact) mass is 270 g/mol. The molecule has 0 fully saturated rings. The first-order valence-corrected chi connectivity index (χ1v) is 7.02. The molecule has 21 heavy (non-hydrogen) atoms. The summed E-state index contributed by atoms with van der Waals surface area (Å²) in [5.41, 5.74) is 5.53. The maximum absolute atomic E-state index is 4.55. The molecule has 2 heterocycles. The van der Waals surface area contributed by atoms with Crippen LogP contribution in [0.3, 0.4) is 0 Å². The van der Waals surface area contributed by atoms with E-state index in [0.29, 0.717) is 0 Å². The molecule has 0 aliphatic carbocycles. The second-order valence-electron chi connectivity index (χ2n) is 5.27. The fourth-order valence-corrected chi connectivity index (χ4v) is 2.66. The molecule has 4 aromatic rings. The van der Waals surface area contributed by atoms with E-state index in [1.165, 1.54) is 16.5 Å².